The molecule has 0 amide bonds. The molecule has 0 atom stereocenters. The average Bonchev–Trinajstić information content (AvgIpc) is 2.40. The minimum Gasteiger partial charge on any atom is -0.507 e. The molecule has 0 saturated heterocycles. The van der Waals surface area contributed by atoms with Gasteiger partial charge in [-0.15, -0.1) is 0 Å². The zero-order valence-electron chi connectivity index (χ0n) is 10.4. The Labute approximate surface area is 127 Å². The molecule has 18 heavy (non-hydrogen) atoms. The van der Waals surface area contributed by atoms with Crippen LogP contribution >= 0.6 is 0 Å². The van der Waals surface area contributed by atoms with Gasteiger partial charge in [0, 0.05) is 43.8 Å². The Morgan fingerprint density at radius 2 is 1.72 bits per heavy atom. The van der Waals surface area contributed by atoms with E-state index in [1.54, 1.807) is 12.1 Å². The summed E-state index contributed by atoms with van der Waals surface area (Å²) in [7, 11) is 0. The molecule has 0 aliphatic heterocycles. The zero-order chi connectivity index (χ0) is 12.1. The number of carbonyl (C=O) groups is 1. The molecule has 2 rings (SSSR count). The Balaban J connectivity index is 0.00000162. The minimum atomic E-state index is 0. The third-order valence-corrected chi connectivity index (χ3v) is 3.36. The van der Waals surface area contributed by atoms with E-state index in [2.05, 4.69) is 0 Å². The van der Waals surface area contributed by atoms with Crippen LogP contribution in [0.2, 0.25) is 0 Å². The summed E-state index contributed by atoms with van der Waals surface area (Å²) in [6, 6.07) is 9.20. The van der Waals surface area contributed by atoms with Gasteiger partial charge in [-0.05, 0) is 12.8 Å². The Bertz CT molecular complexity index is 406. The van der Waals surface area contributed by atoms with Crippen molar-refractivity contribution in [2.24, 2.45) is 5.92 Å². The molecule has 0 spiro atoms. The van der Waals surface area contributed by atoms with Gasteiger partial charge in [-0.2, -0.15) is 0 Å². The van der Waals surface area contributed by atoms with E-state index in [9.17, 15) is 9.90 Å². The maximum Gasteiger partial charge on any atom is 0.162 e. The molecule has 1 N–H and O–H groups in total. The van der Waals surface area contributed by atoms with Crippen LogP contribution in [0.15, 0.2) is 36.4 Å². The molecule has 2 nitrogen and oxygen atoms in total. The van der Waals surface area contributed by atoms with Gasteiger partial charge in [0.2, 0.25) is 0 Å². The summed E-state index contributed by atoms with van der Waals surface area (Å²) >= 11 is 0. The standard InChI is InChI=1S/C15H18O2.Zr/c16-14(12-7-3-1-4-8-12)11-15(17)13-9-5-2-6-10-13;/h1,3-4,7-8,11,13,16H,2,5-6,9-10H2;/b14-11-;. The summed E-state index contributed by atoms with van der Waals surface area (Å²) in [4.78, 5) is 11.9. The molecule has 1 aliphatic carbocycles. The molecule has 0 unspecified atom stereocenters. The van der Waals surface area contributed by atoms with Crippen molar-refractivity contribution in [3.8, 4) is 0 Å². The summed E-state index contributed by atoms with van der Waals surface area (Å²) in [5.74, 6) is 0.279. The molecule has 3 heteroatoms. The van der Waals surface area contributed by atoms with E-state index in [0.29, 0.717) is 5.56 Å². The summed E-state index contributed by atoms with van der Waals surface area (Å²) in [6.07, 6.45) is 6.84. The molecule has 1 saturated carbocycles. The first-order valence-electron chi connectivity index (χ1n) is 6.27. The van der Waals surface area contributed by atoms with Crippen LogP contribution in [0.5, 0.6) is 0 Å². The van der Waals surface area contributed by atoms with E-state index in [1.807, 2.05) is 18.2 Å². The SMILES string of the molecule is O=C(/C=C(\O)c1ccccc1)C1CCCCC1.[Zr]. The summed E-state index contributed by atoms with van der Waals surface area (Å²) in [5.41, 5.74) is 0.705. The Morgan fingerprint density at radius 3 is 2.33 bits per heavy atom. The first-order chi connectivity index (χ1) is 8.27. The first-order valence-corrected chi connectivity index (χ1v) is 6.27. The molecule has 0 bridgehead atoms. The number of aliphatic hydroxyl groups is 1. The second-order valence-electron chi connectivity index (χ2n) is 4.63. The first kappa shape index (κ1) is 15.4. The molecule has 0 radical (unpaired) electrons. The van der Waals surface area contributed by atoms with E-state index >= 15 is 0 Å². The largest absolute Gasteiger partial charge is 0.507 e. The van der Waals surface area contributed by atoms with E-state index in [-0.39, 0.29) is 43.7 Å². The maximum absolute atomic E-state index is 11.9. The molecule has 94 valence electrons. The third kappa shape index (κ3) is 4.21. The van der Waals surface area contributed by atoms with E-state index in [4.69, 9.17) is 0 Å². The molecular weight excluding hydrogens is 303 g/mol. The summed E-state index contributed by atoms with van der Waals surface area (Å²) in [6.45, 7) is 0. The van der Waals surface area contributed by atoms with Crippen LogP contribution in [0, 0.1) is 5.92 Å². The fraction of sp³-hybridized carbons (Fsp3) is 0.400. The van der Waals surface area contributed by atoms with Gasteiger partial charge in [0.15, 0.2) is 5.78 Å². The molecule has 0 heterocycles. The van der Waals surface area contributed by atoms with E-state index in [0.717, 1.165) is 25.7 Å². The number of aliphatic hydroxyl groups excluding tert-OH is 1. The molecule has 0 aromatic heterocycles. The van der Waals surface area contributed by atoms with Crippen LogP contribution in [0.1, 0.15) is 37.7 Å². The van der Waals surface area contributed by atoms with Crippen LogP contribution < -0.4 is 0 Å². The fourth-order valence-corrected chi connectivity index (χ4v) is 2.33. The number of hydrogen-bond donors (Lipinski definition) is 1. The Kier molecular flexibility index (Phi) is 6.56. The number of rotatable bonds is 3. The molecule has 1 aromatic rings. The van der Waals surface area contributed by atoms with Crippen molar-refractivity contribution in [2.75, 3.05) is 0 Å². The second kappa shape index (κ2) is 7.68. The Hall–Kier alpha value is -0.687. The second-order valence-corrected chi connectivity index (χ2v) is 4.63. The van der Waals surface area contributed by atoms with Crippen molar-refractivity contribution in [3.63, 3.8) is 0 Å². The van der Waals surface area contributed by atoms with Gasteiger partial charge < -0.3 is 5.11 Å². The Morgan fingerprint density at radius 1 is 1.11 bits per heavy atom. The molecule has 1 aliphatic rings. The van der Waals surface area contributed by atoms with Gasteiger partial charge in [-0.1, -0.05) is 49.6 Å². The van der Waals surface area contributed by atoms with Gasteiger partial charge >= 0.3 is 0 Å². The van der Waals surface area contributed by atoms with Crippen LogP contribution in [0.25, 0.3) is 5.76 Å². The van der Waals surface area contributed by atoms with Crippen molar-refractivity contribution in [1.82, 2.24) is 0 Å². The quantitative estimate of drug-likeness (QED) is 0.680. The van der Waals surface area contributed by atoms with Crippen LogP contribution in [-0.4, -0.2) is 10.9 Å². The van der Waals surface area contributed by atoms with Crippen LogP contribution in [0.4, 0.5) is 0 Å². The van der Waals surface area contributed by atoms with Crippen molar-refractivity contribution in [2.45, 2.75) is 32.1 Å². The normalized spacial score (nSPS) is 17.0. The van der Waals surface area contributed by atoms with Gasteiger partial charge in [-0.25, -0.2) is 0 Å². The number of benzene rings is 1. The van der Waals surface area contributed by atoms with Crippen molar-refractivity contribution < 1.29 is 36.1 Å². The fourth-order valence-electron chi connectivity index (χ4n) is 2.33. The minimum absolute atomic E-state index is 0. The van der Waals surface area contributed by atoms with E-state index in [1.165, 1.54) is 12.5 Å². The van der Waals surface area contributed by atoms with Gasteiger partial charge in [0.25, 0.3) is 0 Å². The molecule has 1 fully saturated rings. The smallest absolute Gasteiger partial charge is 0.162 e. The van der Waals surface area contributed by atoms with Crippen LogP contribution in [0.3, 0.4) is 0 Å². The topological polar surface area (TPSA) is 37.3 Å². The summed E-state index contributed by atoms with van der Waals surface area (Å²) < 4.78 is 0. The molecule has 1 aromatic carbocycles. The predicted octanol–water partition coefficient (Wildman–Crippen LogP) is 3.73. The van der Waals surface area contributed by atoms with Gasteiger partial charge in [0.1, 0.15) is 5.76 Å². The predicted molar refractivity (Wildman–Crippen MR) is 68.6 cm³/mol. The number of ketones is 1. The monoisotopic (exact) mass is 320 g/mol. The number of allylic oxidation sites excluding steroid dienone is 1. The van der Waals surface area contributed by atoms with Gasteiger partial charge in [0.05, 0.1) is 0 Å². The van der Waals surface area contributed by atoms with Crippen molar-refractivity contribution in [3.05, 3.63) is 42.0 Å². The zero-order valence-corrected chi connectivity index (χ0v) is 12.9. The van der Waals surface area contributed by atoms with Crippen molar-refractivity contribution >= 4 is 11.5 Å². The number of hydrogen-bond acceptors (Lipinski definition) is 2. The molecular formula is C15H18O2Zr. The maximum atomic E-state index is 11.9. The van der Waals surface area contributed by atoms with Crippen molar-refractivity contribution in [1.29, 1.82) is 0 Å². The van der Waals surface area contributed by atoms with E-state index < -0.39 is 0 Å². The van der Waals surface area contributed by atoms with Crippen LogP contribution in [-0.2, 0) is 31.0 Å². The number of carbonyl (C=O) groups excluding carboxylic acids is 1. The third-order valence-electron chi connectivity index (χ3n) is 3.36. The van der Waals surface area contributed by atoms with Gasteiger partial charge in [-0.3, -0.25) is 4.79 Å². The summed E-state index contributed by atoms with van der Waals surface area (Å²) in [5, 5.41) is 9.86. The average molecular weight is 322 g/mol.